The zero-order valence-corrected chi connectivity index (χ0v) is 16.0. The molecule has 134 valence electrons. The summed E-state index contributed by atoms with van der Waals surface area (Å²) >= 11 is 6.26. The normalized spacial score (nSPS) is 11.3. The number of aromatic nitrogens is 4. The second kappa shape index (κ2) is 7.66. The zero-order chi connectivity index (χ0) is 18.7. The first-order valence-corrected chi connectivity index (χ1v) is 8.70. The Morgan fingerprint density at radius 2 is 1.81 bits per heavy atom. The summed E-state index contributed by atoms with van der Waals surface area (Å²) in [6.45, 7) is 8.46. The summed E-state index contributed by atoms with van der Waals surface area (Å²) < 4.78 is 1.94. The maximum atomic E-state index is 6.26. The molecule has 0 amide bonds. The highest BCUT2D eigenvalue weighted by atomic mass is 35.5. The average Bonchev–Trinajstić information content (AvgIpc) is 2.83. The molecule has 0 bridgehead atoms. The van der Waals surface area contributed by atoms with Crippen molar-refractivity contribution in [2.24, 2.45) is 5.10 Å². The topological polar surface area (TPSA) is 68.0 Å². The van der Waals surface area contributed by atoms with Crippen LogP contribution in [0.2, 0.25) is 5.02 Å². The van der Waals surface area contributed by atoms with Crippen LogP contribution in [0.4, 0.5) is 5.95 Å². The van der Waals surface area contributed by atoms with Crippen LogP contribution in [0, 0.1) is 27.7 Å². The summed E-state index contributed by atoms with van der Waals surface area (Å²) in [5.41, 5.74) is 8.61. The van der Waals surface area contributed by atoms with Gasteiger partial charge in [-0.1, -0.05) is 29.8 Å². The molecule has 26 heavy (non-hydrogen) atoms. The van der Waals surface area contributed by atoms with Crippen LogP contribution in [0.1, 0.15) is 33.9 Å². The maximum absolute atomic E-state index is 6.26. The molecule has 0 aliphatic heterocycles. The van der Waals surface area contributed by atoms with Gasteiger partial charge in [0.15, 0.2) is 0 Å². The lowest BCUT2D eigenvalue weighted by Crippen LogP contribution is -2.05. The Balaban J connectivity index is 1.78. The highest BCUT2D eigenvalue weighted by Gasteiger charge is 2.11. The summed E-state index contributed by atoms with van der Waals surface area (Å²) in [7, 11) is 0. The SMILES string of the molecule is Cc1cc(C)nc(N/N=C\c2c(C)nn(Cc3ccccc3Cl)c2C)n1. The summed E-state index contributed by atoms with van der Waals surface area (Å²) in [5.74, 6) is 0.484. The smallest absolute Gasteiger partial charge is 0.243 e. The summed E-state index contributed by atoms with van der Waals surface area (Å²) in [6.07, 6.45) is 1.75. The molecule has 1 aromatic carbocycles. The fourth-order valence-electron chi connectivity index (χ4n) is 2.77. The van der Waals surface area contributed by atoms with Gasteiger partial charge in [0, 0.05) is 27.7 Å². The maximum Gasteiger partial charge on any atom is 0.243 e. The van der Waals surface area contributed by atoms with E-state index >= 15 is 0 Å². The van der Waals surface area contributed by atoms with Crippen LogP contribution in [0.3, 0.4) is 0 Å². The molecule has 6 nitrogen and oxygen atoms in total. The molecule has 0 spiro atoms. The van der Waals surface area contributed by atoms with Gasteiger partial charge in [-0.05, 0) is 45.4 Å². The molecule has 3 aromatic rings. The van der Waals surface area contributed by atoms with Gasteiger partial charge in [0.05, 0.1) is 18.5 Å². The highest BCUT2D eigenvalue weighted by molar-refractivity contribution is 6.31. The van der Waals surface area contributed by atoms with E-state index in [0.29, 0.717) is 12.5 Å². The number of rotatable bonds is 5. The van der Waals surface area contributed by atoms with E-state index in [9.17, 15) is 0 Å². The van der Waals surface area contributed by atoms with Gasteiger partial charge < -0.3 is 0 Å². The van der Waals surface area contributed by atoms with Crippen LogP contribution < -0.4 is 5.43 Å². The van der Waals surface area contributed by atoms with Gasteiger partial charge in [-0.15, -0.1) is 0 Å². The molecule has 0 aliphatic carbocycles. The van der Waals surface area contributed by atoms with Gasteiger partial charge in [-0.2, -0.15) is 10.2 Å². The third kappa shape index (κ3) is 4.08. The van der Waals surface area contributed by atoms with Crippen LogP contribution in [0.25, 0.3) is 0 Å². The van der Waals surface area contributed by atoms with E-state index in [1.165, 1.54) is 0 Å². The highest BCUT2D eigenvalue weighted by Crippen LogP contribution is 2.18. The number of benzene rings is 1. The van der Waals surface area contributed by atoms with Crippen LogP contribution in [0.15, 0.2) is 35.4 Å². The molecule has 0 atom stereocenters. The lowest BCUT2D eigenvalue weighted by atomic mass is 10.2. The van der Waals surface area contributed by atoms with E-state index in [2.05, 4.69) is 25.6 Å². The molecular weight excluding hydrogens is 348 g/mol. The number of hydrogen-bond acceptors (Lipinski definition) is 5. The minimum Gasteiger partial charge on any atom is -0.264 e. The van der Waals surface area contributed by atoms with E-state index in [-0.39, 0.29) is 0 Å². The summed E-state index contributed by atoms with van der Waals surface area (Å²) in [6, 6.07) is 9.71. The van der Waals surface area contributed by atoms with Crippen molar-refractivity contribution in [3.05, 3.63) is 69.3 Å². The van der Waals surface area contributed by atoms with Crippen LogP contribution in [-0.4, -0.2) is 26.0 Å². The first-order chi connectivity index (χ1) is 12.4. The summed E-state index contributed by atoms with van der Waals surface area (Å²) in [5, 5.41) is 9.62. The Kier molecular flexibility index (Phi) is 5.32. The lowest BCUT2D eigenvalue weighted by molar-refractivity contribution is 0.659. The molecule has 0 unspecified atom stereocenters. The second-order valence-corrected chi connectivity index (χ2v) is 6.59. The molecule has 0 saturated carbocycles. The van der Waals surface area contributed by atoms with Crippen LogP contribution >= 0.6 is 11.6 Å². The minimum absolute atomic E-state index is 0.484. The molecule has 7 heteroatoms. The van der Waals surface area contributed by atoms with Crippen molar-refractivity contribution in [2.45, 2.75) is 34.2 Å². The number of nitrogens with one attached hydrogen (secondary N) is 1. The monoisotopic (exact) mass is 368 g/mol. The number of hydrazone groups is 1. The second-order valence-electron chi connectivity index (χ2n) is 6.18. The molecule has 3 rings (SSSR count). The molecule has 0 aliphatic rings. The molecular formula is C19H21ClN6. The number of aryl methyl sites for hydroxylation is 3. The minimum atomic E-state index is 0.484. The molecule has 2 aromatic heterocycles. The summed E-state index contributed by atoms with van der Waals surface area (Å²) in [4.78, 5) is 8.62. The molecule has 0 radical (unpaired) electrons. The van der Waals surface area contributed by atoms with Gasteiger partial charge in [0.2, 0.25) is 5.95 Å². The third-order valence-electron chi connectivity index (χ3n) is 4.06. The van der Waals surface area contributed by atoms with Crippen molar-refractivity contribution in [1.82, 2.24) is 19.7 Å². The fraction of sp³-hybridized carbons (Fsp3) is 0.263. The Morgan fingerprint density at radius 3 is 2.50 bits per heavy atom. The van der Waals surface area contributed by atoms with Crippen LogP contribution in [-0.2, 0) is 6.54 Å². The third-order valence-corrected chi connectivity index (χ3v) is 4.42. The first-order valence-electron chi connectivity index (χ1n) is 8.33. The predicted octanol–water partition coefficient (Wildman–Crippen LogP) is 4.05. The Morgan fingerprint density at radius 1 is 1.12 bits per heavy atom. The van der Waals surface area contributed by atoms with Crippen molar-refractivity contribution in [3.63, 3.8) is 0 Å². The van der Waals surface area contributed by atoms with Crippen molar-refractivity contribution < 1.29 is 0 Å². The molecule has 2 heterocycles. The van der Waals surface area contributed by atoms with Crippen molar-refractivity contribution in [3.8, 4) is 0 Å². The fourth-order valence-corrected chi connectivity index (χ4v) is 2.97. The van der Waals surface area contributed by atoms with E-state index in [1.807, 2.05) is 62.7 Å². The lowest BCUT2D eigenvalue weighted by Gasteiger charge is -2.06. The van der Waals surface area contributed by atoms with E-state index in [1.54, 1.807) is 6.21 Å². The van der Waals surface area contributed by atoms with Gasteiger partial charge in [0.1, 0.15) is 0 Å². The average molecular weight is 369 g/mol. The number of nitrogens with zero attached hydrogens (tertiary/aromatic N) is 5. The van der Waals surface area contributed by atoms with Gasteiger partial charge in [-0.25, -0.2) is 15.4 Å². The quantitative estimate of drug-likeness (QED) is 0.544. The first kappa shape index (κ1) is 18.1. The van der Waals surface area contributed by atoms with Crippen LogP contribution in [0.5, 0.6) is 0 Å². The molecule has 0 saturated heterocycles. The van der Waals surface area contributed by atoms with Crippen molar-refractivity contribution in [2.75, 3.05) is 5.43 Å². The number of halogens is 1. The van der Waals surface area contributed by atoms with Crippen molar-refractivity contribution >= 4 is 23.8 Å². The van der Waals surface area contributed by atoms with Crippen molar-refractivity contribution in [1.29, 1.82) is 0 Å². The Bertz CT molecular complexity index is 940. The number of anilines is 1. The Labute approximate surface area is 158 Å². The zero-order valence-electron chi connectivity index (χ0n) is 15.3. The standard InChI is InChI=1S/C19H21ClN6/c1-12-9-13(2)23-19(22-12)24-21-10-17-14(3)25-26(15(17)4)11-16-7-5-6-8-18(16)20/h5-10H,11H2,1-4H3,(H,22,23,24)/b21-10-. The van der Waals surface area contributed by atoms with Gasteiger partial charge >= 0.3 is 0 Å². The predicted molar refractivity (Wildman–Crippen MR) is 105 cm³/mol. The Hall–Kier alpha value is -2.73. The molecule has 0 fully saturated rings. The van der Waals surface area contributed by atoms with E-state index in [4.69, 9.17) is 11.6 Å². The van der Waals surface area contributed by atoms with Gasteiger partial charge in [-0.3, -0.25) is 4.68 Å². The largest absolute Gasteiger partial charge is 0.264 e. The molecule has 1 N–H and O–H groups in total. The van der Waals surface area contributed by atoms with E-state index < -0.39 is 0 Å². The van der Waals surface area contributed by atoms with E-state index in [0.717, 1.165) is 38.9 Å². The van der Waals surface area contributed by atoms with Gasteiger partial charge in [0.25, 0.3) is 0 Å². The number of hydrogen-bond donors (Lipinski definition) is 1.